The van der Waals surface area contributed by atoms with Crippen LogP contribution in [0.1, 0.15) is 44.5 Å². The van der Waals surface area contributed by atoms with Gasteiger partial charge in [-0.25, -0.2) is 0 Å². The van der Waals surface area contributed by atoms with Crippen molar-refractivity contribution < 1.29 is 10.0 Å². The van der Waals surface area contributed by atoms with Crippen LogP contribution in [0.3, 0.4) is 0 Å². The Morgan fingerprint density at radius 3 is 0.442 bits per heavy atom. The first kappa shape index (κ1) is 81.1. The summed E-state index contributed by atoms with van der Waals surface area (Å²) in [7, 11) is -1.43. The lowest BCUT2D eigenvalue weighted by Gasteiger charge is -2.32. The van der Waals surface area contributed by atoms with E-state index in [2.05, 4.69) is 500 Å². The fourth-order valence-corrected chi connectivity index (χ4v) is 21.6. The second-order valence-corrected chi connectivity index (χ2v) is 37.3. The fraction of sp³-hybridized carbons (Fsp3) is 0.0164. The topological polar surface area (TPSA) is 40.5 Å². The molecule has 0 atom stereocenters. The molecule has 0 radical (unpaired) electrons. The molecule has 2 nitrogen and oxygen atoms in total. The zero-order valence-corrected chi connectivity index (χ0v) is 76.3. The highest BCUT2D eigenvalue weighted by Gasteiger charge is 2.54. The molecule has 0 heterocycles. The smallest absolute Gasteiger partial charge is 0.423 e. The maximum atomic E-state index is 9.20. The molecule has 0 saturated heterocycles. The van der Waals surface area contributed by atoms with Crippen LogP contribution < -0.4 is 5.46 Å². The maximum absolute atomic E-state index is 9.20. The average molecular weight is 1910 g/mol. The number of fused-ring (bicyclic) bond motifs is 20. The Kier molecular flexibility index (Phi) is 21.5. The maximum Gasteiger partial charge on any atom is 0.488 e. The molecule has 4 aliphatic rings. The van der Waals surface area contributed by atoms with Gasteiger partial charge in [-0.2, -0.15) is 0 Å². The summed E-state index contributed by atoms with van der Waals surface area (Å²) >= 11 is 14.9. The predicted molar refractivity (Wildman–Crippen MR) is 552 cm³/mol. The summed E-state index contributed by atoms with van der Waals surface area (Å²) < 4.78 is 4.40. The van der Waals surface area contributed by atoms with Gasteiger partial charge in [0.2, 0.25) is 0 Å². The molecule has 2 spiro atoms. The number of halogens is 4. The van der Waals surface area contributed by atoms with Crippen molar-refractivity contribution in [3.8, 4) is 167 Å². The lowest BCUT2D eigenvalue weighted by atomic mass is 9.69. The standard InChI is InChI=1S/C73H48.C25H12Br4.C24H19BO2/c1-5-13-49(14-6-1)53-21-29-57(30-22-53)61-37-41-65-66-42-38-62(58-31-23-54(24-32-58)50-15-7-2-8-16-50)46-70(66)73(69(65)45-61)71-47-63(59-33-25-55(26-34-59)51-17-9-3-10-18-51)39-43-67(71)68-44-40-64(48-72(68)73)60-35-27-56(28-36-60)52-19-11-4-12-20-52;26-13-1-5-17-18-6-2-14(27)10-22(18)25(21(17)9-13)23-11-15(28)3-7-19(23)20-8-4-16(29)12-24(20)25;26-25(27)24-16-14-23(15-17-24)22-12-10-21(11-13-22)20-8-6-19(7-9-20)18-4-2-1-3-5-18/h1-48H;1-12H;1-17,26-27H. The minimum Gasteiger partial charge on any atom is -0.423 e. The van der Waals surface area contributed by atoms with E-state index in [9.17, 15) is 10.0 Å². The van der Waals surface area contributed by atoms with Crippen molar-refractivity contribution in [1.82, 2.24) is 0 Å². The van der Waals surface area contributed by atoms with Gasteiger partial charge in [-0.05, 0) is 290 Å². The summed E-state index contributed by atoms with van der Waals surface area (Å²) in [6.07, 6.45) is 0. The van der Waals surface area contributed by atoms with E-state index < -0.39 is 12.5 Å². The van der Waals surface area contributed by atoms with E-state index in [0.717, 1.165) is 29.0 Å². The van der Waals surface area contributed by atoms with Crippen molar-refractivity contribution in [2.24, 2.45) is 0 Å². The van der Waals surface area contributed by atoms with Gasteiger partial charge in [-0.1, -0.05) is 458 Å². The fourth-order valence-electron chi connectivity index (χ4n) is 20.2. The van der Waals surface area contributed by atoms with E-state index in [-0.39, 0.29) is 5.41 Å². The number of hydrogen-bond donors (Lipinski definition) is 2. The minimum atomic E-state index is -1.43. The van der Waals surface area contributed by atoms with Gasteiger partial charge in [0.25, 0.3) is 0 Å². The molecule has 0 fully saturated rings. The summed E-state index contributed by atoms with van der Waals surface area (Å²) in [6.45, 7) is 0. The number of hydrogen-bond acceptors (Lipinski definition) is 2. The highest BCUT2D eigenvalue weighted by Crippen LogP contribution is 2.67. The quantitative estimate of drug-likeness (QED) is 0.120. The van der Waals surface area contributed by atoms with E-state index in [1.807, 2.05) is 18.2 Å². The molecule has 129 heavy (non-hydrogen) atoms. The number of rotatable bonds is 12. The van der Waals surface area contributed by atoms with Gasteiger partial charge in [0.1, 0.15) is 0 Å². The van der Waals surface area contributed by atoms with Crippen LogP contribution in [0.4, 0.5) is 0 Å². The molecule has 7 heteroatoms. The normalized spacial score (nSPS) is 12.5. The van der Waals surface area contributed by atoms with Crippen molar-refractivity contribution in [2.75, 3.05) is 0 Å². The first-order chi connectivity index (χ1) is 63.4. The van der Waals surface area contributed by atoms with Gasteiger partial charge in [0.05, 0.1) is 10.8 Å². The molecule has 20 aromatic rings. The third kappa shape index (κ3) is 14.8. The molecule has 0 aromatic heterocycles. The first-order valence-corrected chi connectivity index (χ1v) is 46.7. The van der Waals surface area contributed by atoms with Crippen LogP contribution in [0.25, 0.3) is 167 Å². The van der Waals surface area contributed by atoms with E-state index >= 15 is 0 Å². The van der Waals surface area contributed by atoms with Crippen LogP contribution in [-0.2, 0) is 10.8 Å². The summed E-state index contributed by atoms with van der Waals surface area (Å²) in [5, 5.41) is 18.4. The van der Waals surface area contributed by atoms with Gasteiger partial charge in [0, 0.05) is 17.9 Å². The molecule has 0 bridgehead atoms. The van der Waals surface area contributed by atoms with Crippen molar-refractivity contribution in [3.05, 3.63) is 530 Å². The lowest BCUT2D eigenvalue weighted by molar-refractivity contribution is 0.426. The van der Waals surface area contributed by atoms with Crippen LogP contribution in [0.5, 0.6) is 0 Å². The zero-order valence-electron chi connectivity index (χ0n) is 69.9. The second kappa shape index (κ2) is 34.1. The van der Waals surface area contributed by atoms with Gasteiger partial charge in [0.15, 0.2) is 0 Å². The van der Waals surface area contributed by atoms with E-state index in [1.165, 1.54) is 200 Å². The van der Waals surface area contributed by atoms with Crippen molar-refractivity contribution in [3.63, 3.8) is 0 Å². The van der Waals surface area contributed by atoms with Gasteiger partial charge in [-0.15, -0.1) is 0 Å². The third-order valence-electron chi connectivity index (χ3n) is 26.5. The Bertz CT molecular complexity index is 6890. The van der Waals surface area contributed by atoms with Crippen LogP contribution in [0.2, 0.25) is 0 Å². The van der Waals surface area contributed by atoms with E-state index in [0.29, 0.717) is 5.46 Å². The average Bonchev–Trinajstić information content (AvgIpc) is 1.51. The van der Waals surface area contributed by atoms with Gasteiger partial charge in [-0.3, -0.25) is 0 Å². The highest BCUT2D eigenvalue weighted by atomic mass is 79.9. The van der Waals surface area contributed by atoms with Crippen molar-refractivity contribution >= 4 is 76.3 Å². The second-order valence-electron chi connectivity index (χ2n) is 33.6. The van der Waals surface area contributed by atoms with E-state index in [4.69, 9.17) is 0 Å². The Hall–Kier alpha value is -13.7. The van der Waals surface area contributed by atoms with Gasteiger partial charge < -0.3 is 10.0 Å². The molecule has 4 aliphatic carbocycles. The SMILES string of the molecule is Brc1ccc2c(c1)C1(c3cc(Br)ccc3-2)c2cc(Br)ccc2-c2ccc(Br)cc21.OB(O)c1ccc(-c2ccc(-c3ccc(-c4ccccc4)cc3)cc2)cc1.c1ccc(-c2ccc(-c3ccc4c(c3)C3(c5cc(-c6ccc(-c7ccccc7)cc6)ccc5-4)c4cc(-c5ccc(-c6ccccc6)cc5)ccc4-c4ccc(-c5ccc(-c6ccccc6)cc5)cc43)cc2)cc1. The lowest BCUT2D eigenvalue weighted by Crippen LogP contribution is -2.29. The van der Waals surface area contributed by atoms with Crippen molar-refractivity contribution in [2.45, 2.75) is 10.8 Å². The summed E-state index contributed by atoms with van der Waals surface area (Å²) in [6, 6.07) is 169. The first-order valence-electron chi connectivity index (χ1n) is 43.5. The molecule has 610 valence electrons. The highest BCUT2D eigenvalue weighted by molar-refractivity contribution is 9.11. The molecular formula is C122H79BBr4O2. The van der Waals surface area contributed by atoms with Crippen LogP contribution >= 0.6 is 63.7 Å². The molecule has 2 N–H and O–H groups in total. The molecular weight excluding hydrogens is 1830 g/mol. The Balaban J connectivity index is 0.000000142. The molecule has 20 aromatic carbocycles. The summed E-state index contributed by atoms with van der Waals surface area (Å²) in [4.78, 5) is 0. The largest absolute Gasteiger partial charge is 0.488 e. The summed E-state index contributed by atoms with van der Waals surface area (Å²) in [5.41, 5.74) is 46.7. The van der Waals surface area contributed by atoms with Crippen LogP contribution in [0, 0.1) is 0 Å². The monoisotopic (exact) mass is 1900 g/mol. The molecule has 24 rings (SSSR count). The Morgan fingerprint density at radius 1 is 0.140 bits per heavy atom. The molecule has 0 aliphatic heterocycles. The number of benzene rings is 20. The minimum absolute atomic E-state index is 0.337. The van der Waals surface area contributed by atoms with Crippen LogP contribution in [0.15, 0.2) is 485 Å². The zero-order chi connectivity index (χ0) is 86.9. The molecule has 0 unspecified atom stereocenters. The molecule has 0 amide bonds. The molecule has 0 saturated carbocycles. The Labute approximate surface area is 786 Å². The van der Waals surface area contributed by atoms with Crippen molar-refractivity contribution in [1.29, 1.82) is 0 Å². The summed E-state index contributed by atoms with van der Waals surface area (Å²) in [5.74, 6) is 0. The third-order valence-corrected chi connectivity index (χ3v) is 28.4. The van der Waals surface area contributed by atoms with Crippen LogP contribution in [-0.4, -0.2) is 17.2 Å². The predicted octanol–water partition coefficient (Wildman–Crippen LogP) is 32.8. The van der Waals surface area contributed by atoms with Gasteiger partial charge >= 0.3 is 7.12 Å². The Morgan fingerprint density at radius 2 is 0.271 bits per heavy atom. The van der Waals surface area contributed by atoms with E-state index in [1.54, 1.807) is 12.1 Å².